The van der Waals surface area contributed by atoms with E-state index in [4.69, 9.17) is 11.6 Å². The number of halogens is 1. The van der Waals surface area contributed by atoms with Crippen LogP contribution >= 0.6 is 22.9 Å². The van der Waals surface area contributed by atoms with E-state index in [1.165, 1.54) is 10.4 Å². The zero-order chi connectivity index (χ0) is 11.8. The summed E-state index contributed by atoms with van der Waals surface area (Å²) < 4.78 is 0. The molecule has 2 aromatic heterocycles. The van der Waals surface area contributed by atoms with E-state index in [-0.39, 0.29) is 0 Å². The molecule has 0 atom stereocenters. The third-order valence-electron chi connectivity index (χ3n) is 2.79. The molecule has 0 bridgehead atoms. The van der Waals surface area contributed by atoms with Crippen molar-refractivity contribution in [3.63, 3.8) is 0 Å². The highest BCUT2D eigenvalue weighted by molar-refractivity contribution is 7.13. The van der Waals surface area contributed by atoms with Gasteiger partial charge in [-0.15, -0.1) is 11.3 Å². The zero-order valence-electron chi connectivity index (χ0n) is 9.33. The molecule has 0 saturated heterocycles. The lowest BCUT2D eigenvalue weighted by Crippen LogP contribution is -1.82. The molecule has 0 aliphatic carbocycles. The van der Waals surface area contributed by atoms with Crippen LogP contribution in [0.1, 0.15) is 12.5 Å². The number of rotatable bonds is 2. The van der Waals surface area contributed by atoms with E-state index in [2.05, 4.69) is 28.3 Å². The summed E-state index contributed by atoms with van der Waals surface area (Å²) in [6.45, 7) is 2.16. The van der Waals surface area contributed by atoms with Gasteiger partial charge >= 0.3 is 0 Å². The van der Waals surface area contributed by atoms with Crippen molar-refractivity contribution >= 4 is 34.0 Å². The van der Waals surface area contributed by atoms with Gasteiger partial charge in [0.15, 0.2) is 0 Å². The number of imidazole rings is 1. The Morgan fingerprint density at radius 3 is 3.06 bits per heavy atom. The molecule has 4 heteroatoms. The Labute approximate surface area is 108 Å². The molecule has 0 aliphatic rings. The van der Waals surface area contributed by atoms with E-state index in [0.29, 0.717) is 0 Å². The molecule has 1 aromatic carbocycles. The molecule has 0 saturated carbocycles. The number of hydrogen-bond acceptors (Lipinski definition) is 2. The van der Waals surface area contributed by atoms with Gasteiger partial charge < -0.3 is 4.98 Å². The largest absolute Gasteiger partial charge is 0.337 e. The summed E-state index contributed by atoms with van der Waals surface area (Å²) >= 11 is 7.69. The van der Waals surface area contributed by atoms with Gasteiger partial charge in [-0.05, 0) is 41.6 Å². The van der Waals surface area contributed by atoms with Crippen molar-refractivity contribution in [3.05, 3.63) is 40.2 Å². The number of aromatic amines is 1. The molecule has 0 unspecified atom stereocenters. The summed E-state index contributed by atoms with van der Waals surface area (Å²) in [4.78, 5) is 9.15. The lowest BCUT2D eigenvalue weighted by atomic mass is 10.2. The standard InChI is InChI=1S/C13H11ClN2S/c1-2-8-5-6-17-12(8)13-15-10-4-3-9(14)7-11(10)16-13/h3-7H,2H2,1H3,(H,15,16). The minimum atomic E-state index is 0.731. The van der Waals surface area contributed by atoms with E-state index < -0.39 is 0 Å². The highest BCUT2D eigenvalue weighted by atomic mass is 35.5. The minimum absolute atomic E-state index is 0.731. The molecular formula is C13H11ClN2S. The van der Waals surface area contributed by atoms with Crippen molar-refractivity contribution in [3.8, 4) is 10.7 Å². The van der Waals surface area contributed by atoms with Crippen LogP contribution in [0.25, 0.3) is 21.7 Å². The van der Waals surface area contributed by atoms with Gasteiger partial charge in [0, 0.05) is 5.02 Å². The lowest BCUT2D eigenvalue weighted by Gasteiger charge is -1.95. The first kappa shape index (κ1) is 10.8. The van der Waals surface area contributed by atoms with Crippen LogP contribution in [0.5, 0.6) is 0 Å². The number of aryl methyl sites for hydroxylation is 1. The van der Waals surface area contributed by atoms with Crippen molar-refractivity contribution < 1.29 is 0 Å². The molecule has 0 amide bonds. The Morgan fingerprint density at radius 2 is 2.24 bits per heavy atom. The molecule has 0 spiro atoms. The number of fused-ring (bicyclic) bond motifs is 1. The number of thiophene rings is 1. The van der Waals surface area contributed by atoms with Gasteiger partial charge in [-0.1, -0.05) is 18.5 Å². The second-order valence-electron chi connectivity index (χ2n) is 3.88. The van der Waals surface area contributed by atoms with Crippen molar-refractivity contribution in [2.75, 3.05) is 0 Å². The topological polar surface area (TPSA) is 28.7 Å². The maximum absolute atomic E-state index is 5.97. The molecule has 17 heavy (non-hydrogen) atoms. The third kappa shape index (κ3) is 1.85. The summed E-state index contributed by atoms with van der Waals surface area (Å²) in [5, 5.41) is 2.84. The zero-order valence-corrected chi connectivity index (χ0v) is 10.9. The molecule has 2 nitrogen and oxygen atoms in total. The van der Waals surface area contributed by atoms with Crippen LogP contribution in [0.2, 0.25) is 5.02 Å². The molecule has 1 N–H and O–H groups in total. The van der Waals surface area contributed by atoms with Crippen molar-refractivity contribution in [1.29, 1.82) is 0 Å². The fourth-order valence-electron chi connectivity index (χ4n) is 1.91. The summed E-state index contributed by atoms with van der Waals surface area (Å²) in [5.74, 6) is 0.939. The average Bonchev–Trinajstić information content (AvgIpc) is 2.93. The number of benzene rings is 1. The van der Waals surface area contributed by atoms with Crippen LogP contribution in [0.15, 0.2) is 29.6 Å². The van der Waals surface area contributed by atoms with Gasteiger partial charge in [0.05, 0.1) is 15.9 Å². The van der Waals surface area contributed by atoms with Crippen LogP contribution in [-0.4, -0.2) is 9.97 Å². The van der Waals surface area contributed by atoms with Crippen LogP contribution < -0.4 is 0 Å². The number of nitrogens with one attached hydrogen (secondary N) is 1. The molecule has 0 fully saturated rings. The molecule has 2 heterocycles. The Morgan fingerprint density at radius 1 is 1.35 bits per heavy atom. The summed E-state index contributed by atoms with van der Waals surface area (Å²) in [7, 11) is 0. The number of hydrogen-bond donors (Lipinski definition) is 1. The molecule has 0 aliphatic heterocycles. The van der Waals surface area contributed by atoms with Crippen molar-refractivity contribution in [2.24, 2.45) is 0 Å². The Bertz CT molecular complexity index is 669. The smallest absolute Gasteiger partial charge is 0.148 e. The van der Waals surface area contributed by atoms with Crippen LogP contribution in [0.3, 0.4) is 0 Å². The van der Waals surface area contributed by atoms with Crippen LogP contribution in [0, 0.1) is 0 Å². The van der Waals surface area contributed by atoms with Crippen molar-refractivity contribution in [1.82, 2.24) is 9.97 Å². The first-order valence-corrected chi connectivity index (χ1v) is 6.75. The molecule has 0 radical (unpaired) electrons. The quantitative estimate of drug-likeness (QED) is 0.723. The fraction of sp³-hybridized carbons (Fsp3) is 0.154. The number of nitrogens with zero attached hydrogens (tertiary/aromatic N) is 1. The van der Waals surface area contributed by atoms with E-state index in [1.54, 1.807) is 11.3 Å². The number of aromatic nitrogens is 2. The Hall–Kier alpha value is -1.32. The predicted octanol–water partition coefficient (Wildman–Crippen LogP) is 4.51. The van der Waals surface area contributed by atoms with E-state index in [1.807, 2.05) is 18.2 Å². The van der Waals surface area contributed by atoms with E-state index >= 15 is 0 Å². The highest BCUT2D eigenvalue weighted by Gasteiger charge is 2.10. The Kier molecular flexibility index (Phi) is 2.65. The summed E-state index contributed by atoms with van der Waals surface area (Å²) in [5.41, 5.74) is 3.28. The average molecular weight is 263 g/mol. The summed E-state index contributed by atoms with van der Waals surface area (Å²) in [6, 6.07) is 7.87. The highest BCUT2D eigenvalue weighted by Crippen LogP contribution is 2.30. The van der Waals surface area contributed by atoms with Gasteiger partial charge in [0.1, 0.15) is 5.82 Å². The normalized spacial score (nSPS) is 11.2. The second-order valence-corrected chi connectivity index (χ2v) is 5.23. The maximum Gasteiger partial charge on any atom is 0.148 e. The first-order valence-electron chi connectivity index (χ1n) is 5.50. The number of H-pyrrole nitrogens is 1. The second kappa shape index (κ2) is 4.17. The van der Waals surface area contributed by atoms with Gasteiger partial charge in [0.25, 0.3) is 0 Å². The van der Waals surface area contributed by atoms with E-state index in [0.717, 1.165) is 28.3 Å². The fourth-order valence-corrected chi connectivity index (χ4v) is 3.02. The third-order valence-corrected chi connectivity index (χ3v) is 3.99. The summed E-state index contributed by atoms with van der Waals surface area (Å²) in [6.07, 6.45) is 1.02. The van der Waals surface area contributed by atoms with Gasteiger partial charge in [-0.2, -0.15) is 0 Å². The lowest BCUT2D eigenvalue weighted by molar-refractivity contribution is 1.15. The van der Waals surface area contributed by atoms with E-state index in [9.17, 15) is 0 Å². The molecule has 3 aromatic rings. The Balaban J connectivity index is 2.18. The van der Waals surface area contributed by atoms with Crippen LogP contribution in [0.4, 0.5) is 0 Å². The van der Waals surface area contributed by atoms with Gasteiger partial charge in [-0.25, -0.2) is 4.98 Å². The SMILES string of the molecule is CCc1ccsc1-c1nc2ccc(Cl)cc2[nH]1. The van der Waals surface area contributed by atoms with Gasteiger partial charge in [0.2, 0.25) is 0 Å². The predicted molar refractivity (Wildman–Crippen MR) is 73.8 cm³/mol. The maximum atomic E-state index is 5.97. The monoisotopic (exact) mass is 262 g/mol. The first-order chi connectivity index (χ1) is 8.28. The minimum Gasteiger partial charge on any atom is -0.337 e. The molecular weight excluding hydrogens is 252 g/mol. The molecule has 3 rings (SSSR count). The molecule has 86 valence electrons. The van der Waals surface area contributed by atoms with Crippen LogP contribution in [-0.2, 0) is 6.42 Å². The van der Waals surface area contributed by atoms with Gasteiger partial charge in [-0.3, -0.25) is 0 Å². The van der Waals surface area contributed by atoms with Crippen molar-refractivity contribution in [2.45, 2.75) is 13.3 Å².